The van der Waals surface area contributed by atoms with Crippen LogP contribution in [-0.4, -0.2) is 29.1 Å². The number of hydrogen-bond acceptors (Lipinski definition) is 2. The van der Waals surface area contributed by atoms with Crippen molar-refractivity contribution in [3.05, 3.63) is 41.5 Å². The quantitative estimate of drug-likeness (QED) is 0.837. The summed E-state index contributed by atoms with van der Waals surface area (Å²) in [6, 6.07) is 8.08. The fourth-order valence-electron chi connectivity index (χ4n) is 3.03. The summed E-state index contributed by atoms with van der Waals surface area (Å²) in [4.78, 5) is 13.2. The first-order valence-electron chi connectivity index (χ1n) is 7.90. The van der Waals surface area contributed by atoms with Crippen LogP contribution >= 0.6 is 0 Å². The standard InChI is InChI=1S/C18H25NO2/c1-2-15-6-5-12-19(13-11-15)14-17-8-4-3-7-16(17)9-10-18(20)21/h3-4,7-10,15H,2,5-6,11-14H2,1H3,(H,20,21). The molecule has 0 aromatic heterocycles. The molecule has 1 heterocycles. The zero-order valence-corrected chi connectivity index (χ0v) is 12.8. The van der Waals surface area contributed by atoms with Crippen molar-refractivity contribution in [2.45, 2.75) is 39.2 Å². The van der Waals surface area contributed by atoms with Gasteiger partial charge in [-0.3, -0.25) is 4.90 Å². The van der Waals surface area contributed by atoms with Gasteiger partial charge >= 0.3 is 5.97 Å². The number of likely N-dealkylation sites (tertiary alicyclic amines) is 1. The van der Waals surface area contributed by atoms with E-state index in [4.69, 9.17) is 5.11 Å². The third-order valence-electron chi connectivity index (χ3n) is 4.37. The fraction of sp³-hybridized carbons (Fsp3) is 0.500. The highest BCUT2D eigenvalue weighted by Gasteiger charge is 2.16. The van der Waals surface area contributed by atoms with Crippen molar-refractivity contribution in [2.75, 3.05) is 13.1 Å². The van der Waals surface area contributed by atoms with Gasteiger partial charge in [0.05, 0.1) is 0 Å². The lowest BCUT2D eigenvalue weighted by molar-refractivity contribution is -0.131. The van der Waals surface area contributed by atoms with Crippen LogP contribution in [0.3, 0.4) is 0 Å². The molecule has 3 nitrogen and oxygen atoms in total. The molecule has 3 heteroatoms. The topological polar surface area (TPSA) is 40.5 Å². The molecule has 1 aromatic rings. The zero-order valence-electron chi connectivity index (χ0n) is 12.8. The zero-order chi connectivity index (χ0) is 15.1. The molecule has 1 unspecified atom stereocenters. The Kier molecular flexibility index (Phi) is 6.00. The van der Waals surface area contributed by atoms with Crippen LogP contribution in [0.2, 0.25) is 0 Å². The maximum atomic E-state index is 10.7. The first-order chi connectivity index (χ1) is 10.2. The lowest BCUT2D eigenvalue weighted by Gasteiger charge is -2.21. The second kappa shape index (κ2) is 7.99. The molecule has 21 heavy (non-hydrogen) atoms. The van der Waals surface area contributed by atoms with E-state index in [0.717, 1.165) is 31.1 Å². The lowest BCUT2D eigenvalue weighted by atomic mass is 9.98. The van der Waals surface area contributed by atoms with Crippen LogP contribution in [0.25, 0.3) is 6.08 Å². The normalized spacial score (nSPS) is 20.5. The van der Waals surface area contributed by atoms with Crippen molar-refractivity contribution in [1.82, 2.24) is 4.90 Å². The largest absolute Gasteiger partial charge is 0.478 e. The van der Waals surface area contributed by atoms with Gasteiger partial charge in [0, 0.05) is 12.6 Å². The number of aliphatic carboxylic acids is 1. The average molecular weight is 287 g/mol. The van der Waals surface area contributed by atoms with Gasteiger partial charge in [-0.15, -0.1) is 0 Å². The van der Waals surface area contributed by atoms with Crippen LogP contribution in [0.15, 0.2) is 30.3 Å². The van der Waals surface area contributed by atoms with Crippen molar-refractivity contribution in [3.8, 4) is 0 Å². The second-order valence-corrected chi connectivity index (χ2v) is 5.85. The smallest absolute Gasteiger partial charge is 0.328 e. The van der Waals surface area contributed by atoms with E-state index < -0.39 is 5.97 Å². The molecular formula is C18H25NO2. The van der Waals surface area contributed by atoms with Crippen molar-refractivity contribution in [2.24, 2.45) is 5.92 Å². The highest BCUT2D eigenvalue weighted by Crippen LogP contribution is 2.22. The van der Waals surface area contributed by atoms with E-state index >= 15 is 0 Å². The molecule has 0 bridgehead atoms. The van der Waals surface area contributed by atoms with Gasteiger partial charge in [0.1, 0.15) is 0 Å². The van der Waals surface area contributed by atoms with Gasteiger partial charge in [-0.1, -0.05) is 37.6 Å². The molecule has 1 saturated heterocycles. The minimum Gasteiger partial charge on any atom is -0.478 e. The summed E-state index contributed by atoms with van der Waals surface area (Å²) in [7, 11) is 0. The summed E-state index contributed by atoms with van der Waals surface area (Å²) in [5, 5.41) is 8.78. The molecule has 2 rings (SSSR count). The lowest BCUT2D eigenvalue weighted by Crippen LogP contribution is -2.24. The Morgan fingerprint density at radius 3 is 2.90 bits per heavy atom. The highest BCUT2D eigenvalue weighted by atomic mass is 16.4. The Morgan fingerprint density at radius 1 is 1.33 bits per heavy atom. The molecule has 0 radical (unpaired) electrons. The van der Waals surface area contributed by atoms with Crippen LogP contribution in [-0.2, 0) is 11.3 Å². The van der Waals surface area contributed by atoms with Gasteiger partial charge < -0.3 is 5.11 Å². The Bertz CT molecular complexity index is 496. The number of carboxylic acids is 1. The summed E-state index contributed by atoms with van der Waals surface area (Å²) in [5.41, 5.74) is 2.22. The molecule has 1 fully saturated rings. The van der Waals surface area contributed by atoms with Crippen molar-refractivity contribution >= 4 is 12.0 Å². The van der Waals surface area contributed by atoms with E-state index in [1.54, 1.807) is 6.08 Å². The van der Waals surface area contributed by atoms with E-state index in [-0.39, 0.29) is 0 Å². The fourth-order valence-corrected chi connectivity index (χ4v) is 3.03. The van der Waals surface area contributed by atoms with Gasteiger partial charge in [0.15, 0.2) is 0 Å². The van der Waals surface area contributed by atoms with Crippen LogP contribution in [0.5, 0.6) is 0 Å². The predicted octanol–water partition coefficient (Wildman–Crippen LogP) is 3.80. The number of rotatable bonds is 5. The molecule has 1 aromatic carbocycles. The first-order valence-corrected chi connectivity index (χ1v) is 7.90. The molecule has 0 aliphatic carbocycles. The minimum absolute atomic E-state index is 0.872. The monoisotopic (exact) mass is 287 g/mol. The van der Waals surface area contributed by atoms with Crippen LogP contribution in [0, 0.1) is 5.92 Å². The first kappa shape index (κ1) is 15.8. The summed E-state index contributed by atoms with van der Waals surface area (Å²) < 4.78 is 0. The van der Waals surface area contributed by atoms with E-state index in [2.05, 4.69) is 17.9 Å². The molecule has 1 N–H and O–H groups in total. The Labute approximate surface area is 127 Å². The number of carbonyl (C=O) groups is 1. The van der Waals surface area contributed by atoms with Crippen LogP contribution in [0.1, 0.15) is 43.7 Å². The number of benzene rings is 1. The molecule has 1 aliphatic rings. The van der Waals surface area contributed by atoms with Crippen molar-refractivity contribution in [1.29, 1.82) is 0 Å². The third kappa shape index (κ3) is 5.01. The Morgan fingerprint density at radius 2 is 2.14 bits per heavy atom. The van der Waals surface area contributed by atoms with E-state index in [9.17, 15) is 4.79 Å². The predicted molar refractivity (Wildman–Crippen MR) is 86.0 cm³/mol. The van der Waals surface area contributed by atoms with E-state index in [1.165, 1.54) is 37.3 Å². The minimum atomic E-state index is -0.898. The highest BCUT2D eigenvalue weighted by molar-refractivity contribution is 5.85. The molecule has 1 atom stereocenters. The summed E-state index contributed by atoms with van der Waals surface area (Å²) in [6.07, 6.45) is 8.09. The van der Waals surface area contributed by atoms with E-state index in [1.807, 2.05) is 18.2 Å². The second-order valence-electron chi connectivity index (χ2n) is 5.85. The molecular weight excluding hydrogens is 262 g/mol. The summed E-state index contributed by atoms with van der Waals surface area (Å²) in [5.74, 6) is -0.0255. The van der Waals surface area contributed by atoms with Gasteiger partial charge in [-0.2, -0.15) is 0 Å². The number of nitrogens with zero attached hydrogens (tertiary/aromatic N) is 1. The van der Waals surface area contributed by atoms with Crippen LogP contribution in [0.4, 0.5) is 0 Å². The third-order valence-corrected chi connectivity index (χ3v) is 4.37. The molecule has 114 valence electrons. The number of carboxylic acid groups (broad SMARTS) is 1. The van der Waals surface area contributed by atoms with E-state index in [0.29, 0.717) is 0 Å². The average Bonchev–Trinajstić information content (AvgIpc) is 2.71. The molecule has 0 saturated carbocycles. The maximum Gasteiger partial charge on any atom is 0.328 e. The SMILES string of the molecule is CCC1CCCN(Cc2ccccc2C=CC(=O)O)CC1. The summed E-state index contributed by atoms with van der Waals surface area (Å²) >= 11 is 0. The Balaban J connectivity index is 2.03. The van der Waals surface area contributed by atoms with Crippen molar-refractivity contribution < 1.29 is 9.90 Å². The molecule has 1 aliphatic heterocycles. The van der Waals surface area contributed by atoms with Gasteiger partial charge in [-0.05, 0) is 55.5 Å². The van der Waals surface area contributed by atoms with Gasteiger partial charge in [0.2, 0.25) is 0 Å². The van der Waals surface area contributed by atoms with Crippen molar-refractivity contribution in [3.63, 3.8) is 0 Å². The van der Waals surface area contributed by atoms with Gasteiger partial charge in [-0.25, -0.2) is 4.79 Å². The van der Waals surface area contributed by atoms with Crippen LogP contribution < -0.4 is 0 Å². The Hall–Kier alpha value is -1.61. The summed E-state index contributed by atoms with van der Waals surface area (Å²) in [6.45, 7) is 5.49. The maximum absolute atomic E-state index is 10.7. The number of hydrogen-bond donors (Lipinski definition) is 1. The molecule has 0 amide bonds. The van der Waals surface area contributed by atoms with Gasteiger partial charge in [0.25, 0.3) is 0 Å². The molecule has 0 spiro atoms.